The predicted molar refractivity (Wildman–Crippen MR) is 97.1 cm³/mol. The molecule has 124 valence electrons. The van der Waals surface area contributed by atoms with E-state index in [2.05, 4.69) is 21.2 Å². The SMILES string of the molecule is COc1ccc(NCCCc2cc(OC)c(OC)cc2Br)cc1. The largest absolute Gasteiger partial charge is 0.497 e. The second-order valence-electron chi connectivity index (χ2n) is 5.06. The molecule has 0 radical (unpaired) electrons. The lowest BCUT2D eigenvalue weighted by atomic mass is 10.1. The zero-order valence-corrected chi connectivity index (χ0v) is 15.3. The summed E-state index contributed by atoms with van der Waals surface area (Å²) < 4.78 is 16.8. The molecule has 0 aliphatic heterocycles. The lowest BCUT2D eigenvalue weighted by molar-refractivity contribution is 0.354. The van der Waals surface area contributed by atoms with Crippen LogP contribution >= 0.6 is 15.9 Å². The molecule has 0 aliphatic rings. The molecule has 2 aromatic rings. The van der Waals surface area contributed by atoms with Crippen molar-refractivity contribution in [1.29, 1.82) is 0 Å². The highest BCUT2D eigenvalue weighted by atomic mass is 79.9. The number of halogens is 1. The van der Waals surface area contributed by atoms with Crippen LogP contribution in [0.2, 0.25) is 0 Å². The Hall–Kier alpha value is -1.88. The molecule has 2 aromatic carbocycles. The first-order valence-electron chi connectivity index (χ1n) is 7.46. The summed E-state index contributed by atoms with van der Waals surface area (Å²) in [6, 6.07) is 11.9. The van der Waals surface area contributed by atoms with Crippen LogP contribution < -0.4 is 19.5 Å². The van der Waals surface area contributed by atoms with Crippen molar-refractivity contribution in [1.82, 2.24) is 0 Å². The van der Waals surface area contributed by atoms with Crippen molar-refractivity contribution in [2.24, 2.45) is 0 Å². The molecule has 4 nitrogen and oxygen atoms in total. The topological polar surface area (TPSA) is 39.7 Å². The highest BCUT2D eigenvalue weighted by Crippen LogP contribution is 2.33. The summed E-state index contributed by atoms with van der Waals surface area (Å²) in [6.07, 6.45) is 1.96. The fraction of sp³-hybridized carbons (Fsp3) is 0.333. The van der Waals surface area contributed by atoms with E-state index < -0.39 is 0 Å². The molecular weight excluding hydrogens is 358 g/mol. The fourth-order valence-electron chi connectivity index (χ4n) is 2.31. The molecule has 5 heteroatoms. The summed E-state index contributed by atoms with van der Waals surface area (Å²) >= 11 is 3.59. The lowest BCUT2D eigenvalue weighted by Gasteiger charge is -2.12. The van der Waals surface area contributed by atoms with Gasteiger partial charge < -0.3 is 19.5 Å². The maximum atomic E-state index is 5.36. The zero-order valence-electron chi connectivity index (χ0n) is 13.7. The minimum atomic E-state index is 0.736. The molecule has 0 aliphatic carbocycles. The van der Waals surface area contributed by atoms with Crippen LogP contribution in [0.1, 0.15) is 12.0 Å². The van der Waals surface area contributed by atoms with E-state index in [0.717, 1.165) is 46.8 Å². The van der Waals surface area contributed by atoms with E-state index in [1.165, 1.54) is 5.56 Å². The van der Waals surface area contributed by atoms with Gasteiger partial charge in [-0.25, -0.2) is 0 Å². The molecule has 0 aromatic heterocycles. The number of rotatable bonds is 8. The maximum absolute atomic E-state index is 5.36. The van der Waals surface area contributed by atoms with E-state index in [1.807, 2.05) is 36.4 Å². The van der Waals surface area contributed by atoms with Gasteiger partial charge in [-0.2, -0.15) is 0 Å². The van der Waals surface area contributed by atoms with Gasteiger partial charge in [0.05, 0.1) is 21.3 Å². The molecule has 0 spiro atoms. The molecule has 0 fully saturated rings. The first-order chi connectivity index (χ1) is 11.2. The zero-order chi connectivity index (χ0) is 16.7. The Morgan fingerprint density at radius 2 is 1.57 bits per heavy atom. The van der Waals surface area contributed by atoms with Gasteiger partial charge in [0, 0.05) is 16.7 Å². The summed E-state index contributed by atoms with van der Waals surface area (Å²) in [7, 11) is 4.97. The third kappa shape index (κ3) is 4.79. The van der Waals surface area contributed by atoms with Crippen LogP contribution in [0.4, 0.5) is 5.69 Å². The highest BCUT2D eigenvalue weighted by Gasteiger charge is 2.09. The van der Waals surface area contributed by atoms with Crippen molar-refractivity contribution in [3.63, 3.8) is 0 Å². The van der Waals surface area contributed by atoms with Crippen molar-refractivity contribution in [3.8, 4) is 17.2 Å². The fourth-order valence-corrected chi connectivity index (χ4v) is 2.83. The van der Waals surface area contributed by atoms with Gasteiger partial charge in [-0.1, -0.05) is 15.9 Å². The quantitative estimate of drug-likeness (QED) is 0.684. The highest BCUT2D eigenvalue weighted by molar-refractivity contribution is 9.10. The summed E-state index contributed by atoms with van der Waals surface area (Å²) in [6.45, 7) is 0.896. The maximum Gasteiger partial charge on any atom is 0.161 e. The minimum Gasteiger partial charge on any atom is -0.497 e. The third-order valence-corrected chi connectivity index (χ3v) is 4.33. The summed E-state index contributed by atoms with van der Waals surface area (Å²) in [5.74, 6) is 2.36. The smallest absolute Gasteiger partial charge is 0.161 e. The molecular formula is C18H22BrNO3. The predicted octanol–water partition coefficient (Wildman–Crippen LogP) is 4.52. The summed E-state index contributed by atoms with van der Waals surface area (Å²) in [5.41, 5.74) is 2.30. The van der Waals surface area contributed by atoms with Gasteiger partial charge in [-0.3, -0.25) is 0 Å². The van der Waals surface area contributed by atoms with Crippen LogP contribution in [0.25, 0.3) is 0 Å². The van der Waals surface area contributed by atoms with Gasteiger partial charge in [0.2, 0.25) is 0 Å². The van der Waals surface area contributed by atoms with E-state index in [-0.39, 0.29) is 0 Å². The normalized spacial score (nSPS) is 10.3. The van der Waals surface area contributed by atoms with E-state index in [4.69, 9.17) is 14.2 Å². The monoisotopic (exact) mass is 379 g/mol. The molecule has 23 heavy (non-hydrogen) atoms. The first-order valence-corrected chi connectivity index (χ1v) is 8.25. The van der Waals surface area contributed by atoms with Crippen molar-refractivity contribution in [2.75, 3.05) is 33.2 Å². The summed E-state index contributed by atoms with van der Waals surface area (Å²) in [5, 5.41) is 3.41. The second-order valence-corrected chi connectivity index (χ2v) is 5.91. The molecule has 0 amide bonds. The van der Waals surface area contributed by atoms with Crippen molar-refractivity contribution >= 4 is 21.6 Å². The van der Waals surface area contributed by atoms with Gasteiger partial charge in [0.15, 0.2) is 11.5 Å². The van der Waals surface area contributed by atoms with E-state index >= 15 is 0 Å². The number of hydrogen-bond donors (Lipinski definition) is 1. The molecule has 0 unspecified atom stereocenters. The lowest BCUT2D eigenvalue weighted by Crippen LogP contribution is -2.03. The number of benzene rings is 2. The van der Waals surface area contributed by atoms with Crippen LogP contribution in [-0.4, -0.2) is 27.9 Å². The van der Waals surface area contributed by atoms with Crippen molar-refractivity contribution < 1.29 is 14.2 Å². The standard InChI is InChI=1S/C18H22BrNO3/c1-21-15-8-6-14(7-9-15)20-10-4-5-13-11-17(22-2)18(23-3)12-16(13)19/h6-9,11-12,20H,4-5,10H2,1-3H3. The molecule has 0 heterocycles. The molecule has 1 N–H and O–H groups in total. The van der Waals surface area contributed by atoms with Crippen LogP contribution in [0, 0.1) is 0 Å². The average molecular weight is 380 g/mol. The third-order valence-electron chi connectivity index (χ3n) is 3.59. The average Bonchev–Trinajstić information content (AvgIpc) is 2.59. The Bertz CT molecular complexity index is 629. The molecule has 0 saturated carbocycles. The van der Waals surface area contributed by atoms with Crippen LogP contribution in [0.15, 0.2) is 40.9 Å². The van der Waals surface area contributed by atoms with E-state index in [0.29, 0.717) is 0 Å². The first kappa shape index (κ1) is 17.5. The van der Waals surface area contributed by atoms with Gasteiger partial charge in [-0.05, 0) is 54.8 Å². The number of ether oxygens (including phenoxy) is 3. The molecule has 0 saturated heterocycles. The molecule has 0 bridgehead atoms. The van der Waals surface area contributed by atoms with Crippen molar-refractivity contribution in [3.05, 3.63) is 46.4 Å². The molecule has 0 atom stereocenters. The number of anilines is 1. The summed E-state index contributed by atoms with van der Waals surface area (Å²) in [4.78, 5) is 0. The second kappa shape index (κ2) is 8.67. The Labute approximate surface area is 145 Å². The number of hydrogen-bond acceptors (Lipinski definition) is 4. The Morgan fingerprint density at radius 1 is 0.913 bits per heavy atom. The number of methoxy groups -OCH3 is 3. The van der Waals surface area contributed by atoms with Gasteiger partial charge in [0.1, 0.15) is 5.75 Å². The van der Waals surface area contributed by atoms with E-state index in [1.54, 1.807) is 21.3 Å². The Morgan fingerprint density at radius 3 is 2.17 bits per heavy atom. The van der Waals surface area contributed by atoms with E-state index in [9.17, 15) is 0 Å². The minimum absolute atomic E-state index is 0.736. The van der Waals surface area contributed by atoms with Crippen LogP contribution in [0.3, 0.4) is 0 Å². The van der Waals surface area contributed by atoms with Crippen molar-refractivity contribution in [2.45, 2.75) is 12.8 Å². The number of nitrogens with one attached hydrogen (secondary N) is 1. The Balaban J connectivity index is 1.88. The molecule has 2 rings (SSSR count). The number of aryl methyl sites for hydroxylation is 1. The van der Waals surface area contributed by atoms with Gasteiger partial charge in [-0.15, -0.1) is 0 Å². The van der Waals surface area contributed by atoms with Gasteiger partial charge >= 0.3 is 0 Å². The van der Waals surface area contributed by atoms with Crippen LogP contribution in [-0.2, 0) is 6.42 Å². The Kier molecular flexibility index (Phi) is 6.59. The van der Waals surface area contributed by atoms with Crippen LogP contribution in [0.5, 0.6) is 17.2 Å². The van der Waals surface area contributed by atoms with Gasteiger partial charge in [0.25, 0.3) is 0 Å².